The molecule has 1 aliphatic rings. The molecule has 0 spiro atoms. The van der Waals surface area contributed by atoms with E-state index in [0.717, 1.165) is 28.7 Å². The average molecular weight is 408 g/mol. The summed E-state index contributed by atoms with van der Waals surface area (Å²) in [6.45, 7) is 0.520. The zero-order chi connectivity index (χ0) is 21.3. The van der Waals surface area contributed by atoms with Crippen molar-refractivity contribution in [2.24, 2.45) is 5.11 Å². The first-order valence-electron chi connectivity index (χ1n) is 9.97. The van der Waals surface area contributed by atoms with Crippen LogP contribution in [0.25, 0.3) is 21.6 Å². The SMILES string of the molecule is [N-]=[N+]=NCCCCC[C@@H](NC(=O)OCC1c2ccccc2-c2ccccc21)C(=O)O. The smallest absolute Gasteiger partial charge is 0.407 e. The Kier molecular flexibility index (Phi) is 7.29. The van der Waals surface area contributed by atoms with Crippen LogP contribution in [-0.4, -0.2) is 36.4 Å². The Morgan fingerprint density at radius 3 is 2.30 bits per heavy atom. The highest BCUT2D eigenvalue weighted by Crippen LogP contribution is 2.44. The molecule has 8 nitrogen and oxygen atoms in total. The van der Waals surface area contributed by atoms with Gasteiger partial charge in [-0.1, -0.05) is 66.5 Å². The zero-order valence-electron chi connectivity index (χ0n) is 16.5. The van der Waals surface area contributed by atoms with Crippen LogP contribution < -0.4 is 5.32 Å². The number of alkyl carbamates (subject to hydrolysis) is 1. The molecule has 3 rings (SSSR count). The number of aliphatic carboxylic acids is 1. The van der Waals surface area contributed by atoms with E-state index in [1.807, 2.05) is 36.4 Å². The number of carbonyl (C=O) groups excluding carboxylic acids is 1. The van der Waals surface area contributed by atoms with Gasteiger partial charge in [-0.2, -0.15) is 0 Å². The van der Waals surface area contributed by atoms with Gasteiger partial charge in [-0.25, -0.2) is 9.59 Å². The molecule has 0 heterocycles. The fourth-order valence-corrected chi connectivity index (χ4v) is 3.79. The van der Waals surface area contributed by atoms with Crippen LogP contribution in [0.5, 0.6) is 0 Å². The topological polar surface area (TPSA) is 124 Å². The molecule has 0 unspecified atom stereocenters. The number of amides is 1. The highest BCUT2D eigenvalue weighted by molar-refractivity contribution is 5.81. The third-order valence-corrected chi connectivity index (χ3v) is 5.25. The van der Waals surface area contributed by atoms with Crippen molar-refractivity contribution in [1.82, 2.24) is 5.32 Å². The minimum atomic E-state index is -1.10. The normalized spacial score (nSPS) is 12.9. The highest BCUT2D eigenvalue weighted by atomic mass is 16.5. The van der Waals surface area contributed by atoms with Gasteiger partial charge in [0.15, 0.2) is 0 Å². The third kappa shape index (κ3) is 5.10. The molecule has 0 bridgehead atoms. The van der Waals surface area contributed by atoms with E-state index in [1.165, 1.54) is 0 Å². The number of hydrogen-bond acceptors (Lipinski definition) is 4. The van der Waals surface area contributed by atoms with Gasteiger partial charge in [0.25, 0.3) is 0 Å². The summed E-state index contributed by atoms with van der Waals surface area (Å²) in [4.78, 5) is 26.4. The number of nitrogens with one attached hydrogen (secondary N) is 1. The largest absolute Gasteiger partial charge is 0.480 e. The molecule has 0 aromatic heterocycles. The fourth-order valence-electron chi connectivity index (χ4n) is 3.79. The van der Waals surface area contributed by atoms with Crippen LogP contribution in [0.15, 0.2) is 53.6 Å². The summed E-state index contributed by atoms with van der Waals surface area (Å²) in [5, 5.41) is 15.3. The molecule has 1 atom stereocenters. The summed E-state index contributed by atoms with van der Waals surface area (Å²) in [6, 6.07) is 15.0. The number of azide groups is 1. The van der Waals surface area contributed by atoms with Gasteiger partial charge in [0.2, 0.25) is 0 Å². The maximum absolute atomic E-state index is 12.3. The van der Waals surface area contributed by atoms with E-state index >= 15 is 0 Å². The van der Waals surface area contributed by atoms with Crippen LogP contribution in [0.4, 0.5) is 4.79 Å². The predicted octanol–water partition coefficient (Wildman–Crippen LogP) is 4.85. The molecule has 1 amide bonds. The third-order valence-electron chi connectivity index (χ3n) is 5.25. The summed E-state index contributed by atoms with van der Waals surface area (Å²) in [6.07, 6.45) is 1.55. The van der Waals surface area contributed by atoms with Crippen LogP contribution in [-0.2, 0) is 9.53 Å². The van der Waals surface area contributed by atoms with E-state index in [2.05, 4.69) is 27.5 Å². The van der Waals surface area contributed by atoms with Gasteiger partial charge in [-0.3, -0.25) is 0 Å². The molecule has 0 saturated carbocycles. The van der Waals surface area contributed by atoms with Gasteiger partial charge in [0.05, 0.1) is 0 Å². The van der Waals surface area contributed by atoms with Crippen LogP contribution >= 0.6 is 0 Å². The van der Waals surface area contributed by atoms with Crippen molar-refractivity contribution < 1.29 is 19.4 Å². The van der Waals surface area contributed by atoms with E-state index in [0.29, 0.717) is 19.4 Å². The molecule has 0 aliphatic heterocycles. The second-order valence-electron chi connectivity index (χ2n) is 7.16. The Morgan fingerprint density at radius 1 is 1.07 bits per heavy atom. The van der Waals surface area contributed by atoms with E-state index in [9.17, 15) is 14.7 Å². The summed E-state index contributed by atoms with van der Waals surface area (Å²) in [7, 11) is 0. The lowest BCUT2D eigenvalue weighted by molar-refractivity contribution is -0.139. The number of carboxylic acid groups (broad SMARTS) is 1. The fraction of sp³-hybridized carbons (Fsp3) is 0.364. The maximum Gasteiger partial charge on any atom is 0.407 e. The van der Waals surface area contributed by atoms with Gasteiger partial charge in [0, 0.05) is 17.4 Å². The average Bonchev–Trinajstić information content (AvgIpc) is 3.07. The monoisotopic (exact) mass is 408 g/mol. The Bertz CT molecular complexity index is 910. The quantitative estimate of drug-likeness (QED) is 0.252. The molecule has 0 saturated heterocycles. The van der Waals surface area contributed by atoms with Crippen LogP contribution in [0, 0.1) is 0 Å². The number of unbranched alkanes of at least 4 members (excludes halogenated alkanes) is 2. The standard InChI is InChI=1S/C22H24N4O4/c23-26-24-13-7-1-2-12-20(21(27)28)25-22(29)30-14-19-17-10-5-3-8-15(17)16-9-4-6-11-18(16)19/h3-6,8-11,19-20H,1-2,7,12-14H2,(H,25,29)(H,27,28)/t20-/m1/s1. The summed E-state index contributed by atoms with van der Waals surface area (Å²) < 4.78 is 5.41. The molecule has 2 aromatic carbocycles. The molecule has 8 heteroatoms. The number of benzene rings is 2. The zero-order valence-corrected chi connectivity index (χ0v) is 16.5. The molecule has 1 aliphatic carbocycles. The number of carboxylic acids is 1. The first-order valence-corrected chi connectivity index (χ1v) is 9.97. The highest BCUT2D eigenvalue weighted by Gasteiger charge is 2.29. The van der Waals surface area contributed by atoms with Crippen LogP contribution in [0.2, 0.25) is 0 Å². The first kappa shape index (κ1) is 21.2. The van der Waals surface area contributed by atoms with Gasteiger partial charge >= 0.3 is 12.1 Å². The number of hydrogen-bond donors (Lipinski definition) is 2. The van der Waals surface area contributed by atoms with E-state index < -0.39 is 18.1 Å². The number of fused-ring (bicyclic) bond motifs is 3. The number of ether oxygens (including phenoxy) is 1. The van der Waals surface area contributed by atoms with E-state index in [-0.39, 0.29) is 18.9 Å². The van der Waals surface area contributed by atoms with Gasteiger partial charge < -0.3 is 15.2 Å². The molecule has 2 N–H and O–H groups in total. The summed E-state index contributed by atoms with van der Waals surface area (Å²) in [5.41, 5.74) is 12.7. The van der Waals surface area contributed by atoms with Crippen LogP contribution in [0.1, 0.15) is 42.7 Å². The lowest BCUT2D eigenvalue weighted by atomic mass is 9.98. The van der Waals surface area contributed by atoms with Crippen molar-refractivity contribution in [3.63, 3.8) is 0 Å². The van der Waals surface area contributed by atoms with Crippen molar-refractivity contribution in [2.45, 2.75) is 37.6 Å². The van der Waals surface area contributed by atoms with Crippen molar-refractivity contribution in [1.29, 1.82) is 0 Å². The lowest BCUT2D eigenvalue weighted by Crippen LogP contribution is -2.41. The van der Waals surface area contributed by atoms with E-state index in [1.54, 1.807) is 0 Å². The molecule has 2 aromatic rings. The second-order valence-corrected chi connectivity index (χ2v) is 7.16. The first-order chi connectivity index (χ1) is 14.6. The Hall–Kier alpha value is -3.51. The summed E-state index contributed by atoms with van der Waals surface area (Å²) >= 11 is 0. The second kappa shape index (κ2) is 10.3. The minimum Gasteiger partial charge on any atom is -0.480 e. The molecule has 156 valence electrons. The maximum atomic E-state index is 12.3. The molecular formula is C22H24N4O4. The molecule has 0 fully saturated rings. The van der Waals surface area contributed by atoms with Gasteiger partial charge in [0.1, 0.15) is 12.6 Å². The van der Waals surface area contributed by atoms with Crippen molar-refractivity contribution in [2.75, 3.05) is 13.2 Å². The predicted molar refractivity (Wildman–Crippen MR) is 112 cm³/mol. The van der Waals surface area contributed by atoms with Crippen molar-refractivity contribution >= 4 is 12.1 Å². The molecule has 0 radical (unpaired) electrons. The number of nitrogens with zero attached hydrogens (tertiary/aromatic N) is 3. The summed E-state index contributed by atoms with van der Waals surface area (Å²) in [5.74, 6) is -1.18. The minimum absolute atomic E-state index is 0.0767. The Morgan fingerprint density at radius 2 is 1.70 bits per heavy atom. The Balaban J connectivity index is 1.54. The van der Waals surface area contributed by atoms with Crippen LogP contribution in [0.3, 0.4) is 0 Å². The Labute approximate surface area is 174 Å². The van der Waals surface area contributed by atoms with Gasteiger partial charge in [-0.05, 0) is 40.6 Å². The number of carbonyl (C=O) groups is 2. The number of rotatable bonds is 10. The van der Waals surface area contributed by atoms with E-state index in [4.69, 9.17) is 10.3 Å². The molecular weight excluding hydrogens is 384 g/mol. The lowest BCUT2D eigenvalue weighted by Gasteiger charge is -2.17. The van der Waals surface area contributed by atoms with Gasteiger partial charge in [-0.15, -0.1) is 0 Å². The van der Waals surface area contributed by atoms with Crippen molar-refractivity contribution in [3.8, 4) is 11.1 Å². The molecule has 30 heavy (non-hydrogen) atoms. The van der Waals surface area contributed by atoms with Crippen molar-refractivity contribution in [3.05, 3.63) is 70.1 Å².